The second-order valence-electron chi connectivity index (χ2n) is 5.62. The van der Waals surface area contributed by atoms with Crippen molar-refractivity contribution in [1.29, 1.82) is 0 Å². The lowest BCUT2D eigenvalue weighted by Gasteiger charge is -2.32. The van der Waals surface area contributed by atoms with E-state index in [4.69, 9.17) is 0 Å². The molecule has 1 amide bonds. The van der Waals surface area contributed by atoms with E-state index in [-0.39, 0.29) is 5.91 Å². The number of amides is 1. The van der Waals surface area contributed by atoms with Gasteiger partial charge in [0.25, 0.3) is 0 Å². The highest BCUT2D eigenvalue weighted by Gasteiger charge is 2.27. The van der Waals surface area contributed by atoms with Crippen LogP contribution in [0.25, 0.3) is 0 Å². The van der Waals surface area contributed by atoms with Crippen molar-refractivity contribution in [2.75, 3.05) is 19.6 Å². The molecular weight excluding hydrogens is 236 g/mol. The van der Waals surface area contributed by atoms with Crippen LogP contribution in [0.4, 0.5) is 0 Å². The second kappa shape index (κ2) is 6.71. The molecule has 1 aliphatic rings. The predicted molar refractivity (Wildman–Crippen MR) is 78.0 cm³/mol. The zero-order chi connectivity index (χ0) is 13.7. The van der Waals surface area contributed by atoms with Crippen LogP contribution in [0.2, 0.25) is 0 Å². The largest absolute Gasteiger partial charge is 0.338 e. The number of carbonyl (C=O) groups excluding carboxylic acids is 1. The van der Waals surface area contributed by atoms with E-state index in [1.165, 1.54) is 0 Å². The molecule has 19 heavy (non-hydrogen) atoms. The van der Waals surface area contributed by atoms with Crippen LogP contribution in [0.15, 0.2) is 30.3 Å². The number of benzene rings is 1. The molecule has 1 unspecified atom stereocenters. The fourth-order valence-electron chi connectivity index (χ4n) is 2.68. The molecule has 1 fully saturated rings. The van der Waals surface area contributed by atoms with E-state index in [1.54, 1.807) is 0 Å². The Balaban J connectivity index is 2.06. The molecule has 0 radical (unpaired) electrons. The van der Waals surface area contributed by atoms with E-state index < -0.39 is 0 Å². The van der Waals surface area contributed by atoms with Crippen LogP contribution in [-0.4, -0.2) is 36.5 Å². The maximum absolute atomic E-state index is 12.5. The van der Waals surface area contributed by atoms with E-state index in [1.807, 2.05) is 30.3 Å². The van der Waals surface area contributed by atoms with E-state index >= 15 is 0 Å². The summed E-state index contributed by atoms with van der Waals surface area (Å²) in [5.74, 6) is 0.749. The molecule has 1 atom stereocenters. The fourth-order valence-corrected chi connectivity index (χ4v) is 2.68. The van der Waals surface area contributed by atoms with Crippen LogP contribution in [0.1, 0.15) is 25.8 Å². The third-order valence-corrected chi connectivity index (χ3v) is 3.79. The average Bonchev–Trinajstić information content (AvgIpc) is 2.65. The molecule has 104 valence electrons. The van der Waals surface area contributed by atoms with E-state index in [9.17, 15) is 4.79 Å². The Bertz CT molecular complexity index is 402. The van der Waals surface area contributed by atoms with Gasteiger partial charge in [-0.15, -0.1) is 0 Å². The number of nitrogens with zero attached hydrogens (tertiary/aromatic N) is 1. The molecule has 1 N–H and O–H groups in total. The highest BCUT2D eigenvalue weighted by atomic mass is 16.2. The Hall–Kier alpha value is -1.35. The van der Waals surface area contributed by atoms with Crippen LogP contribution in [-0.2, 0) is 11.2 Å². The van der Waals surface area contributed by atoms with Crippen molar-refractivity contribution in [3.8, 4) is 0 Å². The van der Waals surface area contributed by atoms with Gasteiger partial charge in [-0.3, -0.25) is 4.79 Å². The lowest BCUT2D eigenvalue weighted by molar-refractivity contribution is -0.133. The van der Waals surface area contributed by atoms with Crippen LogP contribution >= 0.6 is 0 Å². The van der Waals surface area contributed by atoms with Gasteiger partial charge in [0.2, 0.25) is 5.91 Å². The Morgan fingerprint density at radius 3 is 2.79 bits per heavy atom. The minimum atomic E-state index is 0.258. The molecule has 1 saturated heterocycles. The summed E-state index contributed by atoms with van der Waals surface area (Å²) in [6, 6.07) is 10.3. The molecule has 0 spiro atoms. The Morgan fingerprint density at radius 2 is 2.11 bits per heavy atom. The van der Waals surface area contributed by atoms with Gasteiger partial charge in [0, 0.05) is 19.1 Å². The van der Waals surface area contributed by atoms with Crippen molar-refractivity contribution in [2.45, 2.75) is 32.7 Å². The highest BCUT2D eigenvalue weighted by Crippen LogP contribution is 2.15. The maximum Gasteiger partial charge on any atom is 0.227 e. The maximum atomic E-state index is 12.5. The van der Waals surface area contributed by atoms with E-state index in [0.717, 1.165) is 31.6 Å². The van der Waals surface area contributed by atoms with Gasteiger partial charge in [0.15, 0.2) is 0 Å². The van der Waals surface area contributed by atoms with Crippen molar-refractivity contribution in [2.24, 2.45) is 5.92 Å². The van der Waals surface area contributed by atoms with Gasteiger partial charge >= 0.3 is 0 Å². The second-order valence-corrected chi connectivity index (χ2v) is 5.62. The summed E-state index contributed by atoms with van der Waals surface area (Å²) in [7, 11) is 0. The molecule has 2 rings (SSSR count). The van der Waals surface area contributed by atoms with Crippen molar-refractivity contribution < 1.29 is 4.79 Å². The Labute approximate surface area is 116 Å². The third kappa shape index (κ3) is 3.80. The SMILES string of the molecule is CC(C)C1CNCCCN1C(=O)Cc1ccccc1. The normalized spacial score (nSPS) is 20.4. The first kappa shape index (κ1) is 14.1. The molecular formula is C16H24N2O. The lowest BCUT2D eigenvalue weighted by atomic mass is 10.0. The van der Waals surface area contributed by atoms with E-state index in [0.29, 0.717) is 18.4 Å². The zero-order valence-electron chi connectivity index (χ0n) is 11.9. The fraction of sp³-hybridized carbons (Fsp3) is 0.562. The average molecular weight is 260 g/mol. The summed E-state index contributed by atoms with van der Waals surface area (Å²) in [5, 5.41) is 3.43. The standard InChI is InChI=1S/C16H24N2O/c1-13(2)15-12-17-9-6-10-18(15)16(19)11-14-7-4-3-5-8-14/h3-5,7-8,13,15,17H,6,9-12H2,1-2H3. The summed E-state index contributed by atoms with van der Waals surface area (Å²) in [4.78, 5) is 14.6. The topological polar surface area (TPSA) is 32.3 Å². The van der Waals surface area contributed by atoms with Gasteiger partial charge in [-0.2, -0.15) is 0 Å². The number of nitrogens with one attached hydrogen (secondary N) is 1. The first-order valence-electron chi connectivity index (χ1n) is 7.22. The van der Waals surface area contributed by atoms with Gasteiger partial charge in [0.1, 0.15) is 0 Å². The summed E-state index contributed by atoms with van der Waals surface area (Å²) in [5.41, 5.74) is 1.10. The van der Waals surface area contributed by atoms with Crippen molar-refractivity contribution >= 4 is 5.91 Å². The monoisotopic (exact) mass is 260 g/mol. The molecule has 1 aliphatic heterocycles. The quantitative estimate of drug-likeness (QED) is 0.902. The first-order valence-corrected chi connectivity index (χ1v) is 7.22. The summed E-state index contributed by atoms with van der Waals surface area (Å²) < 4.78 is 0. The highest BCUT2D eigenvalue weighted by molar-refractivity contribution is 5.79. The molecule has 0 bridgehead atoms. The van der Waals surface area contributed by atoms with Crippen LogP contribution in [0.3, 0.4) is 0 Å². The molecule has 0 aromatic heterocycles. The zero-order valence-corrected chi connectivity index (χ0v) is 11.9. The minimum Gasteiger partial charge on any atom is -0.338 e. The van der Waals surface area contributed by atoms with Gasteiger partial charge in [-0.05, 0) is 24.4 Å². The molecule has 3 nitrogen and oxygen atoms in total. The summed E-state index contributed by atoms with van der Waals surface area (Å²) in [6.45, 7) is 7.19. The number of hydrogen-bond acceptors (Lipinski definition) is 2. The third-order valence-electron chi connectivity index (χ3n) is 3.79. The number of carbonyl (C=O) groups is 1. The first-order chi connectivity index (χ1) is 9.18. The molecule has 0 aliphatic carbocycles. The number of rotatable bonds is 3. The Morgan fingerprint density at radius 1 is 1.37 bits per heavy atom. The van der Waals surface area contributed by atoms with Crippen LogP contribution in [0.5, 0.6) is 0 Å². The van der Waals surface area contributed by atoms with Crippen LogP contribution < -0.4 is 5.32 Å². The van der Waals surface area contributed by atoms with E-state index in [2.05, 4.69) is 24.1 Å². The van der Waals surface area contributed by atoms with Crippen molar-refractivity contribution in [3.05, 3.63) is 35.9 Å². The van der Waals surface area contributed by atoms with Crippen molar-refractivity contribution in [1.82, 2.24) is 10.2 Å². The Kier molecular flexibility index (Phi) is 4.97. The summed E-state index contributed by atoms with van der Waals surface area (Å²) in [6.07, 6.45) is 1.56. The van der Waals surface area contributed by atoms with Gasteiger partial charge < -0.3 is 10.2 Å². The van der Waals surface area contributed by atoms with Gasteiger partial charge in [0.05, 0.1) is 6.42 Å². The molecule has 3 heteroatoms. The lowest BCUT2D eigenvalue weighted by Crippen LogP contribution is -2.47. The molecule has 1 aromatic rings. The minimum absolute atomic E-state index is 0.258. The van der Waals surface area contributed by atoms with Crippen molar-refractivity contribution in [3.63, 3.8) is 0 Å². The molecule has 1 aromatic carbocycles. The van der Waals surface area contributed by atoms with Gasteiger partial charge in [-0.1, -0.05) is 44.2 Å². The number of hydrogen-bond donors (Lipinski definition) is 1. The van der Waals surface area contributed by atoms with Crippen LogP contribution in [0, 0.1) is 5.92 Å². The molecule has 0 saturated carbocycles. The molecule has 1 heterocycles. The smallest absolute Gasteiger partial charge is 0.227 e. The van der Waals surface area contributed by atoms with Gasteiger partial charge in [-0.25, -0.2) is 0 Å². The summed E-state index contributed by atoms with van der Waals surface area (Å²) >= 11 is 0. The predicted octanol–water partition coefficient (Wildman–Crippen LogP) is 2.08.